The van der Waals surface area contributed by atoms with Crippen LogP contribution in [0, 0.1) is 0 Å². The van der Waals surface area contributed by atoms with Crippen molar-refractivity contribution in [2.45, 2.75) is 56.5 Å². The van der Waals surface area contributed by atoms with Crippen molar-refractivity contribution in [2.24, 2.45) is 5.10 Å². The third kappa shape index (κ3) is 3.71. The first-order valence-corrected chi connectivity index (χ1v) is 10.4. The number of halogens is 1. The van der Waals surface area contributed by atoms with E-state index in [1.807, 2.05) is 25.1 Å². The van der Waals surface area contributed by atoms with Gasteiger partial charge in [0, 0.05) is 10.6 Å². The van der Waals surface area contributed by atoms with Gasteiger partial charge in [0.05, 0.1) is 6.21 Å². The van der Waals surface area contributed by atoms with Crippen molar-refractivity contribution >= 4 is 23.7 Å². The molecule has 1 fully saturated rings. The van der Waals surface area contributed by atoms with E-state index in [0.717, 1.165) is 30.4 Å². The summed E-state index contributed by atoms with van der Waals surface area (Å²) in [6.07, 6.45) is 8.54. The molecule has 1 spiro atoms. The normalized spacial score (nSPS) is 23.5. The Morgan fingerprint density at radius 1 is 1.11 bits per heavy atom. The number of carbonyl (C=O) groups excluding carboxylic acids is 1. The van der Waals surface area contributed by atoms with Crippen LogP contribution in [0.3, 0.4) is 0 Å². The lowest BCUT2D eigenvalue weighted by molar-refractivity contribution is -0.129. The summed E-state index contributed by atoms with van der Waals surface area (Å²) in [5.41, 5.74) is 5.15. The summed E-state index contributed by atoms with van der Waals surface area (Å²) in [5, 5.41) is 8.62. The maximum atomic E-state index is 13.2. The second kappa shape index (κ2) is 7.69. The highest BCUT2D eigenvalue weighted by atomic mass is 35.5. The Labute approximate surface area is 171 Å². The minimum atomic E-state index is -0.802. The van der Waals surface area contributed by atoms with Crippen LogP contribution in [0.25, 0.3) is 0 Å². The summed E-state index contributed by atoms with van der Waals surface area (Å²) in [7, 11) is 0. The first-order chi connectivity index (χ1) is 13.5. The van der Waals surface area contributed by atoms with Crippen LogP contribution in [0.4, 0.5) is 0 Å². The van der Waals surface area contributed by atoms with Gasteiger partial charge in [-0.15, -0.1) is 0 Å². The SMILES string of the molecule is C[C@@]1(C(=O)N/N=C\c2ccc(Cl)cc2)NC2(CCCCC2)Cc2ccccc21. The number of hydrogen-bond donors (Lipinski definition) is 2. The molecule has 1 atom stereocenters. The molecule has 2 aromatic carbocycles. The standard InChI is InChI=1S/C23H26ClN3O/c1-22(21(28)26-25-16-17-9-11-19(24)12-10-17)20-8-4-3-7-18(20)15-23(27-22)13-5-2-6-14-23/h3-4,7-12,16,27H,2,5-6,13-15H2,1H3,(H,26,28)/b25-16-/t22-/m1/s1. The van der Waals surface area contributed by atoms with E-state index in [-0.39, 0.29) is 11.4 Å². The summed E-state index contributed by atoms with van der Waals surface area (Å²) in [5.74, 6) is -0.130. The van der Waals surface area contributed by atoms with E-state index in [1.54, 1.807) is 18.3 Å². The molecule has 0 aromatic heterocycles. The van der Waals surface area contributed by atoms with E-state index in [0.29, 0.717) is 5.02 Å². The first kappa shape index (κ1) is 19.2. The van der Waals surface area contributed by atoms with Gasteiger partial charge in [-0.1, -0.05) is 67.3 Å². The summed E-state index contributed by atoms with van der Waals surface area (Å²) < 4.78 is 0. The number of hydrazone groups is 1. The number of rotatable bonds is 3. The van der Waals surface area contributed by atoms with Crippen LogP contribution < -0.4 is 10.7 Å². The van der Waals surface area contributed by atoms with Crippen LogP contribution in [-0.4, -0.2) is 17.7 Å². The topological polar surface area (TPSA) is 53.5 Å². The quantitative estimate of drug-likeness (QED) is 0.591. The number of benzene rings is 2. The Morgan fingerprint density at radius 2 is 1.82 bits per heavy atom. The van der Waals surface area contributed by atoms with Gasteiger partial charge in [-0.05, 0) is 55.0 Å². The minimum Gasteiger partial charge on any atom is -0.294 e. The van der Waals surface area contributed by atoms with E-state index < -0.39 is 5.54 Å². The number of fused-ring (bicyclic) bond motifs is 1. The highest BCUT2D eigenvalue weighted by Gasteiger charge is 2.48. The molecule has 0 bridgehead atoms. The lowest BCUT2D eigenvalue weighted by Crippen LogP contribution is -2.65. The van der Waals surface area contributed by atoms with Crippen molar-refractivity contribution in [2.75, 3.05) is 0 Å². The van der Waals surface area contributed by atoms with Crippen LogP contribution in [-0.2, 0) is 16.8 Å². The predicted molar refractivity (Wildman–Crippen MR) is 114 cm³/mol. The van der Waals surface area contributed by atoms with E-state index in [2.05, 4.69) is 34.0 Å². The molecule has 1 aliphatic heterocycles. The summed E-state index contributed by atoms with van der Waals surface area (Å²) in [4.78, 5) is 13.2. The number of amides is 1. The molecule has 2 aliphatic rings. The molecule has 1 amide bonds. The van der Waals surface area contributed by atoms with Gasteiger partial charge in [0.15, 0.2) is 0 Å². The lowest BCUT2D eigenvalue weighted by atomic mass is 9.69. The highest BCUT2D eigenvalue weighted by molar-refractivity contribution is 6.30. The number of hydrogen-bond acceptors (Lipinski definition) is 3. The van der Waals surface area contributed by atoms with Crippen molar-refractivity contribution in [1.29, 1.82) is 0 Å². The average Bonchev–Trinajstić information content (AvgIpc) is 2.70. The zero-order valence-corrected chi connectivity index (χ0v) is 16.9. The smallest absolute Gasteiger partial charge is 0.264 e. The Balaban J connectivity index is 1.58. The molecule has 2 aromatic rings. The molecule has 5 heteroatoms. The zero-order chi connectivity index (χ0) is 19.6. The van der Waals surface area contributed by atoms with E-state index >= 15 is 0 Å². The van der Waals surface area contributed by atoms with Gasteiger partial charge in [-0.3, -0.25) is 10.1 Å². The summed E-state index contributed by atoms with van der Waals surface area (Å²) in [6.45, 7) is 1.98. The summed E-state index contributed by atoms with van der Waals surface area (Å²) >= 11 is 5.91. The minimum absolute atomic E-state index is 0.00140. The second-order valence-corrected chi connectivity index (χ2v) is 8.61. The van der Waals surface area contributed by atoms with Gasteiger partial charge in [-0.25, -0.2) is 5.43 Å². The fourth-order valence-electron chi connectivity index (χ4n) is 4.70. The summed E-state index contributed by atoms with van der Waals surface area (Å²) in [6, 6.07) is 15.6. The van der Waals surface area contributed by atoms with Crippen molar-refractivity contribution in [3.8, 4) is 0 Å². The lowest BCUT2D eigenvalue weighted by Gasteiger charge is -2.49. The second-order valence-electron chi connectivity index (χ2n) is 8.18. The van der Waals surface area contributed by atoms with Crippen LogP contribution >= 0.6 is 11.6 Å². The van der Waals surface area contributed by atoms with Crippen LogP contribution in [0.2, 0.25) is 5.02 Å². The molecule has 4 rings (SSSR count). The fraction of sp³-hybridized carbons (Fsp3) is 0.391. The van der Waals surface area contributed by atoms with Gasteiger partial charge in [0.25, 0.3) is 5.91 Å². The number of nitrogens with zero attached hydrogens (tertiary/aromatic N) is 1. The maximum absolute atomic E-state index is 13.2. The largest absolute Gasteiger partial charge is 0.294 e. The number of carbonyl (C=O) groups is 1. The Bertz CT molecular complexity index is 887. The molecule has 0 radical (unpaired) electrons. The third-order valence-electron chi connectivity index (χ3n) is 6.11. The monoisotopic (exact) mass is 395 g/mol. The molecular formula is C23H26ClN3O. The Morgan fingerprint density at radius 3 is 2.57 bits per heavy atom. The van der Waals surface area contributed by atoms with Crippen molar-refractivity contribution in [1.82, 2.24) is 10.7 Å². The van der Waals surface area contributed by atoms with Crippen LogP contribution in [0.1, 0.15) is 55.7 Å². The molecule has 1 saturated carbocycles. The average molecular weight is 396 g/mol. The molecule has 1 heterocycles. The van der Waals surface area contributed by atoms with E-state index in [4.69, 9.17) is 11.6 Å². The molecule has 0 saturated heterocycles. The fourth-order valence-corrected chi connectivity index (χ4v) is 4.83. The maximum Gasteiger partial charge on any atom is 0.264 e. The molecule has 2 N–H and O–H groups in total. The molecule has 0 unspecified atom stereocenters. The Hall–Kier alpha value is -2.17. The van der Waals surface area contributed by atoms with Crippen LogP contribution in [0.5, 0.6) is 0 Å². The van der Waals surface area contributed by atoms with Gasteiger partial charge in [-0.2, -0.15) is 5.10 Å². The third-order valence-corrected chi connectivity index (χ3v) is 6.37. The number of nitrogens with one attached hydrogen (secondary N) is 2. The van der Waals surface area contributed by atoms with Gasteiger partial charge < -0.3 is 0 Å². The molecule has 1 aliphatic carbocycles. The van der Waals surface area contributed by atoms with Gasteiger partial charge >= 0.3 is 0 Å². The molecular weight excluding hydrogens is 370 g/mol. The van der Waals surface area contributed by atoms with Crippen molar-refractivity contribution < 1.29 is 4.79 Å². The van der Waals surface area contributed by atoms with Gasteiger partial charge in [0.1, 0.15) is 5.54 Å². The Kier molecular flexibility index (Phi) is 5.26. The van der Waals surface area contributed by atoms with Crippen molar-refractivity contribution in [3.05, 3.63) is 70.2 Å². The molecule has 28 heavy (non-hydrogen) atoms. The molecule has 4 nitrogen and oxygen atoms in total. The highest BCUT2D eigenvalue weighted by Crippen LogP contribution is 2.41. The molecule has 146 valence electrons. The predicted octanol–water partition coefficient (Wildman–Crippen LogP) is 4.55. The van der Waals surface area contributed by atoms with E-state index in [1.165, 1.54) is 24.8 Å². The first-order valence-electron chi connectivity index (χ1n) is 9.98. The van der Waals surface area contributed by atoms with Crippen LogP contribution in [0.15, 0.2) is 53.6 Å². The van der Waals surface area contributed by atoms with E-state index in [9.17, 15) is 4.79 Å². The van der Waals surface area contributed by atoms with Gasteiger partial charge in [0.2, 0.25) is 0 Å². The zero-order valence-electron chi connectivity index (χ0n) is 16.2. The van der Waals surface area contributed by atoms with Crippen molar-refractivity contribution in [3.63, 3.8) is 0 Å².